The third-order valence-electron chi connectivity index (χ3n) is 4.77. The zero-order valence-corrected chi connectivity index (χ0v) is 17.0. The Hall–Kier alpha value is -2.20. The van der Waals surface area contributed by atoms with Gasteiger partial charge in [0.2, 0.25) is 0 Å². The van der Waals surface area contributed by atoms with Crippen molar-refractivity contribution in [2.24, 2.45) is 0 Å². The number of halogens is 1. The Kier molecular flexibility index (Phi) is 7.82. The summed E-state index contributed by atoms with van der Waals surface area (Å²) >= 11 is 5.85. The van der Waals surface area contributed by atoms with Crippen molar-refractivity contribution in [2.75, 3.05) is 19.0 Å². The number of nitrogens with zero attached hydrogens (tertiary/aromatic N) is 3. The lowest BCUT2D eigenvalue weighted by Crippen LogP contribution is -2.52. The molecule has 158 valence electrons. The maximum atomic E-state index is 12.3. The number of aliphatic hydroxyl groups excluding tert-OH is 1. The van der Waals surface area contributed by atoms with Gasteiger partial charge in [0.1, 0.15) is 11.8 Å². The van der Waals surface area contributed by atoms with E-state index in [0.29, 0.717) is 23.9 Å². The van der Waals surface area contributed by atoms with E-state index in [1.54, 1.807) is 36.1 Å². The van der Waals surface area contributed by atoms with Crippen molar-refractivity contribution in [2.45, 2.75) is 50.7 Å². The Morgan fingerprint density at radius 3 is 2.90 bits per heavy atom. The summed E-state index contributed by atoms with van der Waals surface area (Å²) in [6, 6.07) is 6.25. The van der Waals surface area contributed by atoms with Crippen molar-refractivity contribution in [3.63, 3.8) is 0 Å². The topological polar surface area (TPSA) is 111 Å². The highest BCUT2D eigenvalue weighted by Gasteiger charge is 2.31. The Morgan fingerprint density at radius 1 is 1.38 bits per heavy atom. The number of aromatic nitrogens is 3. The maximum Gasteiger partial charge on any atom is 0.319 e. The fourth-order valence-electron chi connectivity index (χ4n) is 3.32. The summed E-state index contributed by atoms with van der Waals surface area (Å²) in [5.74, 6) is 0. The van der Waals surface area contributed by atoms with E-state index < -0.39 is 6.10 Å². The highest BCUT2D eigenvalue weighted by Crippen LogP contribution is 2.22. The van der Waals surface area contributed by atoms with Crippen LogP contribution in [0.5, 0.6) is 0 Å². The van der Waals surface area contributed by atoms with E-state index in [1.165, 1.54) is 0 Å². The summed E-state index contributed by atoms with van der Waals surface area (Å²) in [4.78, 5) is 12.3. The Bertz CT molecular complexity index is 785. The van der Waals surface area contributed by atoms with Crippen molar-refractivity contribution < 1.29 is 19.4 Å². The molecule has 0 radical (unpaired) electrons. The average Bonchev–Trinajstić information content (AvgIpc) is 3.16. The number of urea groups is 1. The minimum absolute atomic E-state index is 0.0143. The summed E-state index contributed by atoms with van der Waals surface area (Å²) in [6.45, 7) is 0.927. The van der Waals surface area contributed by atoms with Crippen molar-refractivity contribution in [1.82, 2.24) is 20.3 Å². The van der Waals surface area contributed by atoms with Crippen LogP contribution in [-0.4, -0.2) is 58.1 Å². The molecule has 1 saturated heterocycles. The van der Waals surface area contributed by atoms with E-state index in [-0.39, 0.29) is 24.8 Å². The molecule has 10 heteroatoms. The molecule has 0 spiro atoms. The second kappa shape index (κ2) is 10.5. The number of ether oxygens (including phenoxy) is 2. The number of anilines is 1. The number of carbonyl (C=O) groups is 1. The number of hydrogen-bond donors (Lipinski definition) is 3. The highest BCUT2D eigenvalue weighted by atomic mass is 35.5. The maximum absolute atomic E-state index is 12.3. The van der Waals surface area contributed by atoms with E-state index in [9.17, 15) is 9.90 Å². The van der Waals surface area contributed by atoms with Crippen LogP contribution in [0.25, 0.3) is 0 Å². The molecule has 0 saturated carbocycles. The molecular weight excluding hydrogens is 398 g/mol. The van der Waals surface area contributed by atoms with Crippen LogP contribution in [0.2, 0.25) is 5.02 Å². The van der Waals surface area contributed by atoms with Crippen LogP contribution >= 0.6 is 11.6 Å². The van der Waals surface area contributed by atoms with E-state index in [0.717, 1.165) is 25.0 Å². The number of benzene rings is 1. The summed E-state index contributed by atoms with van der Waals surface area (Å²) in [5, 5.41) is 24.0. The van der Waals surface area contributed by atoms with Gasteiger partial charge in [0.05, 0.1) is 31.6 Å². The first-order valence-corrected chi connectivity index (χ1v) is 9.92. The largest absolute Gasteiger partial charge is 0.394 e. The van der Waals surface area contributed by atoms with Crippen molar-refractivity contribution >= 4 is 23.3 Å². The fraction of sp³-hybridized carbons (Fsp3) is 0.526. The molecule has 1 fully saturated rings. The van der Waals surface area contributed by atoms with Gasteiger partial charge in [0.25, 0.3) is 0 Å². The summed E-state index contributed by atoms with van der Waals surface area (Å²) in [5.41, 5.74) is 1.42. The van der Waals surface area contributed by atoms with E-state index >= 15 is 0 Å². The highest BCUT2D eigenvalue weighted by molar-refractivity contribution is 6.30. The van der Waals surface area contributed by atoms with Crippen LogP contribution in [0.3, 0.4) is 0 Å². The average molecular weight is 424 g/mol. The van der Waals surface area contributed by atoms with Crippen LogP contribution in [0.4, 0.5) is 10.5 Å². The molecule has 1 aliphatic rings. The molecule has 2 heterocycles. The molecule has 0 aliphatic carbocycles. The first-order chi connectivity index (χ1) is 14.1. The minimum Gasteiger partial charge on any atom is -0.394 e. The first-order valence-electron chi connectivity index (χ1n) is 9.54. The smallest absolute Gasteiger partial charge is 0.319 e. The predicted molar refractivity (Wildman–Crippen MR) is 108 cm³/mol. The molecule has 1 aromatic carbocycles. The third-order valence-corrected chi connectivity index (χ3v) is 5.02. The molecular formula is C19H26ClN5O4. The van der Waals surface area contributed by atoms with Crippen molar-refractivity contribution in [3.8, 4) is 0 Å². The van der Waals surface area contributed by atoms with Crippen LogP contribution in [0, 0.1) is 0 Å². The number of amides is 2. The van der Waals surface area contributed by atoms with Gasteiger partial charge in [-0.1, -0.05) is 16.8 Å². The molecule has 29 heavy (non-hydrogen) atoms. The molecule has 0 bridgehead atoms. The molecule has 2 aromatic rings. The lowest BCUT2D eigenvalue weighted by Gasteiger charge is -2.36. The Balaban J connectivity index is 1.45. The number of nitrogens with one attached hydrogen (secondary N) is 2. The van der Waals surface area contributed by atoms with Gasteiger partial charge in [0.15, 0.2) is 0 Å². The van der Waals surface area contributed by atoms with Crippen molar-refractivity contribution in [1.29, 1.82) is 0 Å². The van der Waals surface area contributed by atoms with Crippen molar-refractivity contribution in [3.05, 3.63) is 41.2 Å². The van der Waals surface area contributed by atoms with E-state index in [1.807, 2.05) is 6.20 Å². The molecule has 0 unspecified atom stereocenters. The zero-order valence-electron chi connectivity index (χ0n) is 16.3. The molecule has 3 rings (SSSR count). The van der Waals surface area contributed by atoms with Gasteiger partial charge in [-0.15, -0.1) is 5.10 Å². The molecule has 1 aromatic heterocycles. The van der Waals surface area contributed by atoms with Gasteiger partial charge in [-0.25, -0.2) is 4.79 Å². The number of methoxy groups -OCH3 is 1. The number of hydrogen-bond acceptors (Lipinski definition) is 6. The number of aryl methyl sites for hydroxylation is 1. The van der Waals surface area contributed by atoms with E-state index in [4.69, 9.17) is 21.1 Å². The number of carbonyl (C=O) groups excluding carboxylic acids is 1. The fourth-order valence-corrected chi connectivity index (χ4v) is 3.44. The van der Waals surface area contributed by atoms with Gasteiger partial charge in [-0.2, -0.15) is 0 Å². The van der Waals surface area contributed by atoms with Gasteiger partial charge in [0, 0.05) is 24.4 Å². The number of aliphatic hydroxyl groups is 1. The molecule has 3 N–H and O–H groups in total. The molecule has 3 atom stereocenters. The van der Waals surface area contributed by atoms with E-state index in [2.05, 4.69) is 20.9 Å². The summed E-state index contributed by atoms with van der Waals surface area (Å²) in [7, 11) is 1.62. The first kappa shape index (κ1) is 21.5. The lowest BCUT2D eigenvalue weighted by atomic mass is 9.97. The molecule has 2 amide bonds. The Labute approximate surface area is 174 Å². The SMILES string of the molecule is COCc1cn(CC[C@@H]2CC[C@@H](NC(=O)Nc3ccc(Cl)cc3)[C@H](CO)O2)nn1. The van der Waals surface area contributed by atoms with Crippen LogP contribution in [0.1, 0.15) is 25.0 Å². The lowest BCUT2D eigenvalue weighted by molar-refractivity contribution is -0.0905. The zero-order chi connectivity index (χ0) is 20.6. The molecule has 9 nitrogen and oxygen atoms in total. The van der Waals surface area contributed by atoms with Crippen LogP contribution in [-0.2, 0) is 22.6 Å². The van der Waals surface area contributed by atoms with Crippen LogP contribution < -0.4 is 10.6 Å². The van der Waals surface area contributed by atoms with Gasteiger partial charge >= 0.3 is 6.03 Å². The van der Waals surface area contributed by atoms with Gasteiger partial charge in [-0.3, -0.25) is 4.68 Å². The van der Waals surface area contributed by atoms with Crippen LogP contribution in [0.15, 0.2) is 30.5 Å². The standard InChI is InChI=1S/C19H26ClN5O4/c1-28-12-15-10-25(24-23-15)9-8-16-6-7-17(18(11-26)29-16)22-19(27)21-14-4-2-13(20)3-5-14/h2-5,10,16-18,26H,6-9,11-12H2,1H3,(H2,21,22,27)/t16-,17+,18-/m0/s1. The second-order valence-electron chi connectivity index (χ2n) is 6.96. The molecule has 1 aliphatic heterocycles. The van der Waals surface area contributed by atoms with Gasteiger partial charge < -0.3 is 25.2 Å². The van der Waals surface area contributed by atoms with Gasteiger partial charge in [-0.05, 0) is 43.5 Å². The second-order valence-corrected chi connectivity index (χ2v) is 7.40. The Morgan fingerprint density at radius 2 is 2.17 bits per heavy atom. The normalized spacial score (nSPS) is 21.7. The monoisotopic (exact) mass is 423 g/mol. The predicted octanol–water partition coefficient (Wildman–Crippen LogP) is 2.20. The minimum atomic E-state index is -0.454. The quantitative estimate of drug-likeness (QED) is 0.600. The summed E-state index contributed by atoms with van der Waals surface area (Å²) in [6.07, 6.45) is 3.62. The third kappa shape index (κ3) is 6.40. The summed E-state index contributed by atoms with van der Waals surface area (Å²) < 4.78 is 12.8. The number of rotatable bonds is 8.